The molecule has 0 bridgehead atoms. The maximum absolute atomic E-state index is 11.7. The summed E-state index contributed by atoms with van der Waals surface area (Å²) in [5.74, 6) is -6.47. The van der Waals surface area contributed by atoms with Gasteiger partial charge < -0.3 is 18.6 Å². The van der Waals surface area contributed by atoms with Crippen molar-refractivity contribution in [2.45, 2.75) is 12.8 Å². The van der Waals surface area contributed by atoms with Gasteiger partial charge in [0.05, 0.1) is 0 Å². The van der Waals surface area contributed by atoms with Crippen LogP contribution in [0, 0.1) is 11.8 Å². The number of hydrogen-bond acceptors (Lipinski definition) is 8. The Morgan fingerprint density at radius 2 is 1.05 bits per heavy atom. The largest absolute Gasteiger partial charge is 1.00 e. The van der Waals surface area contributed by atoms with Crippen LogP contribution in [-0.4, -0.2) is 30.8 Å². The Morgan fingerprint density at radius 1 is 0.773 bits per heavy atom. The first-order valence-electron chi connectivity index (χ1n) is 6.18. The SMILES string of the molecule is C=CCC1C(=O)O[B-]2(OC1=O)OC(=O)C(CC=C)C(=O)O2.[Li+]. The van der Waals surface area contributed by atoms with E-state index in [2.05, 4.69) is 13.2 Å². The van der Waals surface area contributed by atoms with Crippen molar-refractivity contribution in [3.8, 4) is 0 Å². The molecule has 22 heavy (non-hydrogen) atoms. The van der Waals surface area contributed by atoms with Crippen molar-refractivity contribution < 1.29 is 56.7 Å². The van der Waals surface area contributed by atoms with Crippen LogP contribution in [0.4, 0.5) is 0 Å². The Balaban J connectivity index is 0.00000242. The van der Waals surface area contributed by atoms with Crippen molar-refractivity contribution in [2.24, 2.45) is 11.8 Å². The third-order valence-corrected chi connectivity index (χ3v) is 2.98. The second-order valence-corrected chi connectivity index (χ2v) is 4.48. The van der Waals surface area contributed by atoms with Gasteiger partial charge in [0.15, 0.2) is 0 Å². The molecule has 0 N–H and O–H groups in total. The van der Waals surface area contributed by atoms with E-state index in [1.165, 1.54) is 12.2 Å². The maximum Gasteiger partial charge on any atom is 1.00 e. The molecule has 8 nitrogen and oxygen atoms in total. The molecule has 0 saturated carbocycles. The first-order chi connectivity index (χ1) is 9.92. The van der Waals surface area contributed by atoms with Gasteiger partial charge in [-0.1, -0.05) is 12.2 Å². The molecule has 0 aromatic carbocycles. The summed E-state index contributed by atoms with van der Waals surface area (Å²) >= 11 is 0. The van der Waals surface area contributed by atoms with Crippen molar-refractivity contribution in [1.82, 2.24) is 0 Å². The monoisotopic (exact) mass is 302 g/mol. The summed E-state index contributed by atoms with van der Waals surface area (Å²) < 4.78 is 19.0. The average Bonchev–Trinajstić information content (AvgIpc) is 2.38. The summed E-state index contributed by atoms with van der Waals surface area (Å²) in [7, 11) is 0. The molecule has 0 aliphatic carbocycles. The van der Waals surface area contributed by atoms with Crippen molar-refractivity contribution in [3.05, 3.63) is 25.3 Å². The van der Waals surface area contributed by atoms with Crippen molar-refractivity contribution >= 4 is 30.8 Å². The van der Waals surface area contributed by atoms with Crippen LogP contribution in [0.5, 0.6) is 0 Å². The first kappa shape index (κ1) is 18.1. The van der Waals surface area contributed by atoms with Gasteiger partial charge in [0.1, 0.15) is 11.8 Å². The van der Waals surface area contributed by atoms with Crippen LogP contribution in [0.15, 0.2) is 25.3 Å². The van der Waals surface area contributed by atoms with Gasteiger partial charge in [0.2, 0.25) is 0 Å². The molecule has 0 aromatic rings. The topological polar surface area (TPSA) is 105 Å². The molecule has 2 aliphatic heterocycles. The molecule has 2 saturated heterocycles. The number of rotatable bonds is 4. The number of carbonyl (C=O) groups excluding carboxylic acids is 4. The molecule has 2 fully saturated rings. The quantitative estimate of drug-likeness (QED) is 0.307. The van der Waals surface area contributed by atoms with Gasteiger partial charge in [0.25, 0.3) is 23.9 Å². The molecule has 2 heterocycles. The van der Waals surface area contributed by atoms with Crippen LogP contribution in [0.2, 0.25) is 0 Å². The Morgan fingerprint density at radius 3 is 1.27 bits per heavy atom. The van der Waals surface area contributed by atoms with Gasteiger partial charge in [0, 0.05) is 0 Å². The summed E-state index contributed by atoms with van der Waals surface area (Å²) in [5, 5.41) is 0. The van der Waals surface area contributed by atoms with Crippen LogP contribution < -0.4 is 18.9 Å². The normalized spacial score (nSPS) is 30.4. The third-order valence-electron chi connectivity index (χ3n) is 2.98. The van der Waals surface area contributed by atoms with Gasteiger partial charge in [-0.25, -0.2) is 0 Å². The molecule has 0 unspecified atom stereocenters. The van der Waals surface area contributed by atoms with E-state index in [0.717, 1.165) is 0 Å². The number of hydrogen-bond donors (Lipinski definition) is 0. The van der Waals surface area contributed by atoms with E-state index in [9.17, 15) is 19.2 Å². The average molecular weight is 302 g/mol. The van der Waals surface area contributed by atoms with Crippen molar-refractivity contribution in [2.75, 3.05) is 0 Å². The Kier molecular flexibility index (Phi) is 5.63. The van der Waals surface area contributed by atoms with Crippen LogP contribution in [-0.2, 0) is 37.8 Å². The van der Waals surface area contributed by atoms with E-state index in [1.807, 2.05) is 0 Å². The van der Waals surface area contributed by atoms with Crippen LogP contribution in [0.1, 0.15) is 12.8 Å². The van der Waals surface area contributed by atoms with Crippen molar-refractivity contribution in [1.29, 1.82) is 0 Å². The fourth-order valence-corrected chi connectivity index (χ4v) is 1.95. The predicted molar refractivity (Wildman–Crippen MR) is 66.7 cm³/mol. The molecule has 0 radical (unpaired) electrons. The summed E-state index contributed by atoms with van der Waals surface area (Å²) in [6, 6.07) is 0. The standard InChI is InChI=1S/C12H12BO8.Li/c1-3-5-7-9(14)18-13(19-10(7)15)20-11(16)8(6-4-2)12(17)21-13;/h3-4,7-8H,1-2,5-6H2;/q-1;+1. The van der Waals surface area contributed by atoms with E-state index in [0.29, 0.717) is 0 Å². The molecule has 1 spiro atoms. The summed E-state index contributed by atoms with van der Waals surface area (Å²) in [6.07, 6.45) is 2.64. The second kappa shape index (κ2) is 6.85. The van der Waals surface area contributed by atoms with Crippen LogP contribution in [0.25, 0.3) is 0 Å². The van der Waals surface area contributed by atoms with Crippen LogP contribution >= 0.6 is 0 Å². The van der Waals surface area contributed by atoms with Gasteiger partial charge in [-0.2, -0.15) is 0 Å². The van der Waals surface area contributed by atoms with Crippen LogP contribution in [0.3, 0.4) is 0 Å². The molecule has 0 atom stereocenters. The van der Waals surface area contributed by atoms with E-state index >= 15 is 0 Å². The van der Waals surface area contributed by atoms with E-state index < -0.39 is 42.7 Å². The molecule has 10 heteroatoms. The Bertz CT molecular complexity index is 458. The molecule has 0 amide bonds. The maximum atomic E-state index is 11.7. The van der Waals surface area contributed by atoms with Gasteiger partial charge in [-0.05, 0) is 12.8 Å². The van der Waals surface area contributed by atoms with E-state index in [1.54, 1.807) is 0 Å². The minimum atomic E-state index is -3.52. The predicted octanol–water partition coefficient (Wildman–Crippen LogP) is -2.99. The molecule has 0 aromatic heterocycles. The number of carbonyl (C=O) groups is 4. The Labute approximate surface area is 138 Å². The van der Waals surface area contributed by atoms with Gasteiger partial charge >= 0.3 is 25.8 Å². The summed E-state index contributed by atoms with van der Waals surface area (Å²) in [4.78, 5) is 46.9. The van der Waals surface area contributed by atoms with Crippen molar-refractivity contribution in [3.63, 3.8) is 0 Å². The third kappa shape index (κ3) is 3.26. The fourth-order valence-electron chi connectivity index (χ4n) is 1.95. The Hall–Kier alpha value is -1.98. The fraction of sp³-hybridized carbons (Fsp3) is 0.333. The molecule has 2 aliphatic rings. The second-order valence-electron chi connectivity index (χ2n) is 4.48. The summed E-state index contributed by atoms with van der Waals surface area (Å²) in [5.41, 5.74) is 0. The van der Waals surface area contributed by atoms with E-state index in [4.69, 9.17) is 18.6 Å². The van der Waals surface area contributed by atoms with E-state index in [-0.39, 0.29) is 31.7 Å². The molecular weight excluding hydrogens is 290 g/mol. The summed E-state index contributed by atoms with van der Waals surface area (Å²) in [6.45, 7) is 3.27. The zero-order chi connectivity index (χ0) is 15.6. The minimum Gasteiger partial charge on any atom is -0.584 e. The first-order valence-corrected chi connectivity index (χ1v) is 6.18. The molecule has 112 valence electrons. The smallest absolute Gasteiger partial charge is 0.584 e. The number of allylic oxidation sites excluding steroid dienone is 2. The van der Waals surface area contributed by atoms with Gasteiger partial charge in [-0.15, -0.1) is 13.2 Å². The zero-order valence-electron chi connectivity index (χ0n) is 12.0. The van der Waals surface area contributed by atoms with Gasteiger partial charge in [-0.3, -0.25) is 19.2 Å². The minimum absolute atomic E-state index is 0. The zero-order valence-corrected chi connectivity index (χ0v) is 12.0. The molecule has 2 rings (SSSR count). The molecular formula is C12H12BLiO8.